The number of aromatic nitrogens is 4. The van der Waals surface area contributed by atoms with Crippen LogP contribution in [0, 0.1) is 0 Å². The van der Waals surface area contributed by atoms with Crippen LogP contribution in [0.2, 0.25) is 0 Å². The lowest BCUT2D eigenvalue weighted by molar-refractivity contribution is 0.169. The highest BCUT2D eigenvalue weighted by atomic mass is 32.2. The van der Waals surface area contributed by atoms with Gasteiger partial charge >= 0.3 is 5.69 Å². The van der Waals surface area contributed by atoms with E-state index in [9.17, 15) is 9.90 Å². The number of H-pyrrole nitrogens is 1. The molecule has 0 aliphatic heterocycles. The number of aromatic amines is 1. The fourth-order valence-corrected chi connectivity index (χ4v) is 2.15. The van der Waals surface area contributed by atoms with Crippen molar-refractivity contribution in [3.05, 3.63) is 34.5 Å². The average molecular weight is 266 g/mol. The van der Waals surface area contributed by atoms with Crippen molar-refractivity contribution in [2.45, 2.75) is 29.5 Å². The zero-order valence-corrected chi connectivity index (χ0v) is 10.9. The zero-order valence-electron chi connectivity index (χ0n) is 10.1. The lowest BCUT2D eigenvalue weighted by Crippen LogP contribution is -2.12. The first-order chi connectivity index (χ1) is 8.61. The maximum Gasteiger partial charge on any atom is 0.343 e. The topological polar surface area (TPSA) is 83.8 Å². The third-order valence-corrected chi connectivity index (χ3v) is 3.56. The standard InChI is InChI=1S/C11H14N4O2S/c1-3-9(16)8-5-4-7(6-12-8)18-11-14-13-10(17)15(11)2/h4-6,9,16H,3H2,1-2H3,(H,13,17)/t9-/m1/s1. The van der Waals surface area contributed by atoms with Crippen LogP contribution in [-0.2, 0) is 7.05 Å². The van der Waals surface area contributed by atoms with Crippen LogP contribution in [0.1, 0.15) is 25.1 Å². The molecule has 2 heterocycles. The Balaban J connectivity index is 2.16. The number of aliphatic hydroxyl groups is 1. The number of aliphatic hydroxyl groups excluding tert-OH is 1. The number of pyridine rings is 1. The molecule has 0 aromatic carbocycles. The van der Waals surface area contributed by atoms with E-state index >= 15 is 0 Å². The van der Waals surface area contributed by atoms with Crippen molar-refractivity contribution in [1.29, 1.82) is 0 Å². The first-order valence-corrected chi connectivity index (χ1v) is 6.36. The molecule has 0 fully saturated rings. The van der Waals surface area contributed by atoms with Crippen LogP contribution in [0.25, 0.3) is 0 Å². The summed E-state index contributed by atoms with van der Waals surface area (Å²) in [4.78, 5) is 16.2. The van der Waals surface area contributed by atoms with E-state index < -0.39 is 6.10 Å². The molecule has 0 aliphatic rings. The normalized spacial score (nSPS) is 12.6. The molecule has 2 N–H and O–H groups in total. The maximum atomic E-state index is 11.2. The Hall–Kier alpha value is -1.60. The van der Waals surface area contributed by atoms with Gasteiger partial charge in [0.1, 0.15) is 0 Å². The predicted molar refractivity (Wildman–Crippen MR) is 67.4 cm³/mol. The molecule has 2 aromatic rings. The van der Waals surface area contributed by atoms with E-state index in [-0.39, 0.29) is 5.69 Å². The Labute approximate surface area is 108 Å². The maximum absolute atomic E-state index is 11.2. The van der Waals surface area contributed by atoms with Crippen molar-refractivity contribution in [2.24, 2.45) is 7.05 Å². The zero-order chi connectivity index (χ0) is 13.1. The molecule has 96 valence electrons. The molecule has 0 aliphatic carbocycles. The van der Waals surface area contributed by atoms with Crippen molar-refractivity contribution in [3.63, 3.8) is 0 Å². The summed E-state index contributed by atoms with van der Waals surface area (Å²) in [5, 5.41) is 16.5. The number of rotatable bonds is 4. The van der Waals surface area contributed by atoms with Gasteiger partial charge in [-0.1, -0.05) is 6.92 Å². The van der Waals surface area contributed by atoms with Crippen LogP contribution in [0.4, 0.5) is 0 Å². The fraction of sp³-hybridized carbons (Fsp3) is 0.364. The number of hydrogen-bond donors (Lipinski definition) is 2. The average Bonchev–Trinajstić information content (AvgIpc) is 2.71. The smallest absolute Gasteiger partial charge is 0.343 e. The summed E-state index contributed by atoms with van der Waals surface area (Å²) in [7, 11) is 1.65. The van der Waals surface area contributed by atoms with Gasteiger partial charge in [-0.05, 0) is 30.3 Å². The molecule has 0 amide bonds. The molecule has 0 spiro atoms. The van der Waals surface area contributed by atoms with Gasteiger partial charge in [-0.2, -0.15) is 0 Å². The van der Waals surface area contributed by atoms with E-state index in [1.807, 2.05) is 13.0 Å². The lowest BCUT2D eigenvalue weighted by Gasteiger charge is -2.07. The van der Waals surface area contributed by atoms with Gasteiger partial charge < -0.3 is 5.11 Å². The van der Waals surface area contributed by atoms with Crippen LogP contribution in [0.3, 0.4) is 0 Å². The fourth-order valence-electron chi connectivity index (χ4n) is 1.39. The molecule has 0 bridgehead atoms. The number of nitrogens with zero attached hydrogens (tertiary/aromatic N) is 3. The Bertz CT molecular complexity index is 575. The second-order valence-electron chi connectivity index (χ2n) is 3.82. The molecule has 0 radical (unpaired) electrons. The Morgan fingerprint density at radius 3 is 2.83 bits per heavy atom. The molecule has 0 unspecified atom stereocenters. The summed E-state index contributed by atoms with van der Waals surface area (Å²) in [6.45, 7) is 1.90. The summed E-state index contributed by atoms with van der Waals surface area (Å²) >= 11 is 1.34. The molecule has 0 saturated heterocycles. The molecular formula is C11H14N4O2S. The summed E-state index contributed by atoms with van der Waals surface area (Å²) < 4.78 is 1.43. The van der Waals surface area contributed by atoms with Gasteiger partial charge in [-0.15, -0.1) is 5.10 Å². The first kappa shape index (κ1) is 12.8. The van der Waals surface area contributed by atoms with Crippen LogP contribution < -0.4 is 5.69 Å². The first-order valence-electron chi connectivity index (χ1n) is 5.55. The van der Waals surface area contributed by atoms with Crippen LogP contribution in [-0.4, -0.2) is 24.9 Å². The molecule has 1 atom stereocenters. The number of nitrogens with one attached hydrogen (secondary N) is 1. The minimum Gasteiger partial charge on any atom is -0.387 e. The van der Waals surface area contributed by atoms with Gasteiger partial charge in [0, 0.05) is 18.1 Å². The lowest BCUT2D eigenvalue weighted by atomic mass is 10.2. The van der Waals surface area contributed by atoms with Crippen molar-refractivity contribution in [2.75, 3.05) is 0 Å². The third kappa shape index (κ3) is 2.62. The summed E-state index contributed by atoms with van der Waals surface area (Å²) in [6, 6.07) is 3.63. The third-order valence-electron chi connectivity index (χ3n) is 2.54. The van der Waals surface area contributed by atoms with Gasteiger partial charge in [0.15, 0.2) is 5.16 Å². The van der Waals surface area contributed by atoms with E-state index in [0.29, 0.717) is 17.3 Å². The molecule has 2 rings (SSSR count). The van der Waals surface area contributed by atoms with E-state index in [4.69, 9.17) is 0 Å². The van der Waals surface area contributed by atoms with Gasteiger partial charge in [0.2, 0.25) is 0 Å². The molecule has 2 aromatic heterocycles. The highest BCUT2D eigenvalue weighted by molar-refractivity contribution is 7.99. The van der Waals surface area contributed by atoms with Crippen molar-refractivity contribution >= 4 is 11.8 Å². The summed E-state index contributed by atoms with van der Waals surface area (Å²) in [5.74, 6) is 0. The predicted octanol–water partition coefficient (Wildman–Crippen LogP) is 1.10. The number of hydrogen-bond acceptors (Lipinski definition) is 5. The van der Waals surface area contributed by atoms with Gasteiger partial charge in [0.25, 0.3) is 0 Å². The van der Waals surface area contributed by atoms with Crippen LogP contribution in [0.5, 0.6) is 0 Å². The summed E-state index contributed by atoms with van der Waals surface area (Å²) in [6.07, 6.45) is 1.77. The van der Waals surface area contributed by atoms with Gasteiger partial charge in [-0.3, -0.25) is 9.55 Å². The Kier molecular flexibility index (Phi) is 3.83. The minimum atomic E-state index is -0.529. The van der Waals surface area contributed by atoms with Gasteiger partial charge in [-0.25, -0.2) is 9.89 Å². The van der Waals surface area contributed by atoms with Crippen LogP contribution >= 0.6 is 11.8 Å². The highest BCUT2D eigenvalue weighted by Gasteiger charge is 2.09. The van der Waals surface area contributed by atoms with Crippen molar-refractivity contribution in [1.82, 2.24) is 19.7 Å². The summed E-state index contributed by atoms with van der Waals surface area (Å²) in [5.41, 5.74) is 0.404. The molecule has 18 heavy (non-hydrogen) atoms. The van der Waals surface area contributed by atoms with E-state index in [1.165, 1.54) is 16.3 Å². The van der Waals surface area contributed by atoms with Gasteiger partial charge in [0.05, 0.1) is 11.8 Å². The molecule has 7 heteroatoms. The largest absolute Gasteiger partial charge is 0.387 e. The molecule has 6 nitrogen and oxygen atoms in total. The molecule has 0 saturated carbocycles. The van der Waals surface area contributed by atoms with Crippen molar-refractivity contribution < 1.29 is 5.11 Å². The van der Waals surface area contributed by atoms with Crippen LogP contribution in [0.15, 0.2) is 33.2 Å². The second-order valence-corrected chi connectivity index (χ2v) is 4.86. The second kappa shape index (κ2) is 5.36. The van der Waals surface area contributed by atoms with E-state index in [1.54, 1.807) is 19.3 Å². The van der Waals surface area contributed by atoms with Crippen molar-refractivity contribution in [3.8, 4) is 0 Å². The Morgan fingerprint density at radius 2 is 2.33 bits per heavy atom. The SMILES string of the molecule is CC[C@@H](O)c1ccc(Sc2n[nH]c(=O)n2C)cn1. The molecular weight excluding hydrogens is 252 g/mol. The van der Waals surface area contributed by atoms with E-state index in [2.05, 4.69) is 15.2 Å². The highest BCUT2D eigenvalue weighted by Crippen LogP contribution is 2.25. The Morgan fingerprint density at radius 1 is 1.56 bits per heavy atom. The van der Waals surface area contributed by atoms with E-state index in [0.717, 1.165) is 4.90 Å². The monoisotopic (exact) mass is 266 g/mol. The quantitative estimate of drug-likeness (QED) is 0.865. The minimum absolute atomic E-state index is 0.247.